The normalized spacial score (nSPS) is 20.4. The number of nitrogens with two attached hydrogens (primary N) is 1. The molecule has 2 rings (SSSR count). The third-order valence-corrected chi connectivity index (χ3v) is 2.96. The lowest BCUT2D eigenvalue weighted by atomic mass is 10.1. The van der Waals surface area contributed by atoms with Crippen LogP contribution in [0.4, 0.5) is 0 Å². The van der Waals surface area contributed by atoms with Crippen LogP contribution in [-0.2, 0) is 17.8 Å². The molecule has 94 valence electrons. The van der Waals surface area contributed by atoms with Gasteiger partial charge >= 0.3 is 0 Å². The molecule has 4 heteroatoms. The molecule has 0 radical (unpaired) electrons. The first kappa shape index (κ1) is 12.5. The molecule has 0 aliphatic carbocycles. The number of rotatable bonds is 3. The average molecular weight is 235 g/mol. The summed E-state index contributed by atoms with van der Waals surface area (Å²) in [5.41, 5.74) is 7.59. The quantitative estimate of drug-likeness (QED) is 0.854. The molecule has 4 nitrogen and oxygen atoms in total. The number of nitrogens with zero attached hydrogens (tertiary/aromatic N) is 2. The number of pyridine rings is 1. The summed E-state index contributed by atoms with van der Waals surface area (Å²) in [7, 11) is 0. The minimum Gasteiger partial charge on any atom is -0.373 e. The molecule has 0 atom stereocenters. The summed E-state index contributed by atoms with van der Waals surface area (Å²) in [6.07, 6.45) is 0. The van der Waals surface area contributed by atoms with Crippen molar-refractivity contribution in [2.24, 2.45) is 5.73 Å². The van der Waals surface area contributed by atoms with Gasteiger partial charge in [-0.05, 0) is 26.0 Å². The van der Waals surface area contributed by atoms with E-state index >= 15 is 0 Å². The largest absolute Gasteiger partial charge is 0.373 e. The van der Waals surface area contributed by atoms with Gasteiger partial charge in [0.1, 0.15) is 0 Å². The van der Waals surface area contributed by atoms with Crippen LogP contribution in [0, 0.1) is 0 Å². The van der Waals surface area contributed by atoms with E-state index < -0.39 is 0 Å². The second-order valence-corrected chi connectivity index (χ2v) is 5.14. The third-order valence-electron chi connectivity index (χ3n) is 2.96. The van der Waals surface area contributed by atoms with Gasteiger partial charge in [0.2, 0.25) is 0 Å². The van der Waals surface area contributed by atoms with Crippen LogP contribution in [0.2, 0.25) is 0 Å². The molecule has 1 aliphatic heterocycles. The van der Waals surface area contributed by atoms with Gasteiger partial charge in [0, 0.05) is 26.2 Å². The highest BCUT2D eigenvalue weighted by Gasteiger charge is 2.27. The monoisotopic (exact) mass is 235 g/mol. The van der Waals surface area contributed by atoms with Crippen LogP contribution in [0.1, 0.15) is 25.2 Å². The van der Waals surface area contributed by atoms with E-state index in [-0.39, 0.29) is 5.60 Å². The number of morpholine rings is 1. The second-order valence-electron chi connectivity index (χ2n) is 5.14. The number of hydrogen-bond acceptors (Lipinski definition) is 4. The summed E-state index contributed by atoms with van der Waals surface area (Å²) in [5, 5.41) is 0. The van der Waals surface area contributed by atoms with E-state index in [2.05, 4.69) is 29.8 Å². The Morgan fingerprint density at radius 2 is 2.18 bits per heavy atom. The molecule has 2 N–H and O–H groups in total. The number of aromatic nitrogens is 1. The number of ether oxygens (including phenoxy) is 1. The lowest BCUT2D eigenvalue weighted by Gasteiger charge is -2.38. The van der Waals surface area contributed by atoms with Gasteiger partial charge < -0.3 is 10.5 Å². The van der Waals surface area contributed by atoms with Crippen LogP contribution in [0.5, 0.6) is 0 Å². The molecule has 0 bridgehead atoms. The van der Waals surface area contributed by atoms with Crippen molar-refractivity contribution in [1.82, 2.24) is 9.88 Å². The van der Waals surface area contributed by atoms with Crippen molar-refractivity contribution in [2.45, 2.75) is 32.5 Å². The van der Waals surface area contributed by atoms with Crippen LogP contribution < -0.4 is 5.73 Å². The highest BCUT2D eigenvalue weighted by molar-refractivity contribution is 5.11. The molecule has 1 aromatic heterocycles. The Balaban J connectivity index is 2.00. The van der Waals surface area contributed by atoms with Crippen molar-refractivity contribution in [3.63, 3.8) is 0 Å². The van der Waals surface area contributed by atoms with E-state index in [9.17, 15) is 0 Å². The zero-order valence-corrected chi connectivity index (χ0v) is 10.6. The van der Waals surface area contributed by atoms with E-state index in [1.165, 1.54) is 0 Å². The molecule has 2 heterocycles. The molecular weight excluding hydrogens is 214 g/mol. The Morgan fingerprint density at radius 3 is 2.88 bits per heavy atom. The van der Waals surface area contributed by atoms with Crippen molar-refractivity contribution in [1.29, 1.82) is 0 Å². The van der Waals surface area contributed by atoms with Crippen LogP contribution in [0.25, 0.3) is 0 Å². The standard InChI is InChI=1S/C13H21N3O/c1-13(2)10-16(6-7-17-13)9-12-5-3-4-11(8-14)15-12/h3-5H,6-10,14H2,1-2H3. The van der Waals surface area contributed by atoms with Crippen LogP contribution in [0.3, 0.4) is 0 Å². The van der Waals surface area contributed by atoms with Gasteiger partial charge in [0.05, 0.1) is 23.6 Å². The van der Waals surface area contributed by atoms with E-state index in [0.29, 0.717) is 6.54 Å². The predicted molar refractivity (Wildman–Crippen MR) is 67.4 cm³/mol. The molecule has 1 saturated heterocycles. The smallest absolute Gasteiger partial charge is 0.0753 e. The van der Waals surface area contributed by atoms with Crippen molar-refractivity contribution >= 4 is 0 Å². The minimum atomic E-state index is -0.0519. The highest BCUT2D eigenvalue weighted by atomic mass is 16.5. The van der Waals surface area contributed by atoms with Gasteiger partial charge in [-0.1, -0.05) is 6.07 Å². The first-order valence-corrected chi connectivity index (χ1v) is 6.10. The van der Waals surface area contributed by atoms with Crippen molar-refractivity contribution < 1.29 is 4.74 Å². The Morgan fingerprint density at radius 1 is 1.41 bits per heavy atom. The second kappa shape index (κ2) is 5.12. The maximum atomic E-state index is 5.70. The summed E-state index contributed by atoms with van der Waals surface area (Å²) in [5.74, 6) is 0. The maximum Gasteiger partial charge on any atom is 0.0753 e. The zero-order chi connectivity index (χ0) is 12.3. The Hall–Kier alpha value is -0.970. The van der Waals surface area contributed by atoms with Crippen LogP contribution in [-0.4, -0.2) is 35.2 Å². The van der Waals surface area contributed by atoms with Crippen molar-refractivity contribution in [2.75, 3.05) is 19.7 Å². The van der Waals surface area contributed by atoms with E-state index in [1.807, 2.05) is 12.1 Å². The van der Waals surface area contributed by atoms with E-state index in [4.69, 9.17) is 10.5 Å². The van der Waals surface area contributed by atoms with Gasteiger partial charge in [0.25, 0.3) is 0 Å². The summed E-state index contributed by atoms with van der Waals surface area (Å²) < 4.78 is 5.70. The van der Waals surface area contributed by atoms with Crippen LogP contribution >= 0.6 is 0 Å². The fraction of sp³-hybridized carbons (Fsp3) is 0.615. The lowest BCUT2D eigenvalue weighted by molar-refractivity contribution is -0.0885. The first-order valence-electron chi connectivity index (χ1n) is 6.10. The molecule has 1 fully saturated rings. The van der Waals surface area contributed by atoms with Crippen LogP contribution in [0.15, 0.2) is 18.2 Å². The summed E-state index contributed by atoms with van der Waals surface area (Å²) >= 11 is 0. The topological polar surface area (TPSA) is 51.4 Å². The molecule has 0 spiro atoms. The van der Waals surface area contributed by atoms with Gasteiger partial charge in [-0.25, -0.2) is 0 Å². The first-order chi connectivity index (χ1) is 8.09. The SMILES string of the molecule is CC1(C)CN(Cc2cccc(CN)n2)CCO1. The average Bonchev–Trinajstić information content (AvgIpc) is 2.28. The lowest BCUT2D eigenvalue weighted by Crippen LogP contribution is -2.47. The Labute approximate surface area is 103 Å². The summed E-state index contributed by atoms with van der Waals surface area (Å²) in [4.78, 5) is 6.91. The van der Waals surface area contributed by atoms with Gasteiger partial charge in [-0.2, -0.15) is 0 Å². The van der Waals surface area contributed by atoms with E-state index in [1.54, 1.807) is 0 Å². The fourth-order valence-corrected chi connectivity index (χ4v) is 2.21. The number of hydrogen-bond donors (Lipinski definition) is 1. The maximum absolute atomic E-state index is 5.70. The minimum absolute atomic E-state index is 0.0519. The molecule has 0 unspecified atom stereocenters. The molecule has 0 aromatic carbocycles. The Kier molecular flexibility index (Phi) is 3.76. The Bertz CT molecular complexity index is 379. The van der Waals surface area contributed by atoms with Crippen molar-refractivity contribution in [3.8, 4) is 0 Å². The van der Waals surface area contributed by atoms with Gasteiger partial charge in [0.15, 0.2) is 0 Å². The predicted octanol–water partition coefficient (Wildman–Crippen LogP) is 1.15. The molecule has 0 saturated carbocycles. The summed E-state index contributed by atoms with van der Waals surface area (Å²) in [6, 6.07) is 6.05. The molecule has 0 amide bonds. The molecule has 1 aliphatic rings. The zero-order valence-electron chi connectivity index (χ0n) is 10.6. The summed E-state index contributed by atoms with van der Waals surface area (Å²) in [6.45, 7) is 8.35. The molecular formula is C13H21N3O. The molecule has 17 heavy (non-hydrogen) atoms. The van der Waals surface area contributed by atoms with Crippen molar-refractivity contribution in [3.05, 3.63) is 29.6 Å². The molecule has 1 aromatic rings. The van der Waals surface area contributed by atoms with E-state index in [0.717, 1.165) is 37.6 Å². The third kappa shape index (κ3) is 3.49. The van der Waals surface area contributed by atoms with Gasteiger partial charge in [-0.15, -0.1) is 0 Å². The van der Waals surface area contributed by atoms with Gasteiger partial charge in [-0.3, -0.25) is 9.88 Å². The highest BCUT2D eigenvalue weighted by Crippen LogP contribution is 2.17. The fourth-order valence-electron chi connectivity index (χ4n) is 2.21.